The van der Waals surface area contributed by atoms with Gasteiger partial charge >= 0.3 is 23.9 Å². The van der Waals surface area contributed by atoms with Crippen LogP contribution >= 0.6 is 0 Å². The molecule has 0 saturated carbocycles. The molecule has 0 fully saturated rings. The van der Waals surface area contributed by atoms with Gasteiger partial charge in [0.1, 0.15) is 18.1 Å². The maximum Gasteiger partial charge on any atom is 0.320 e. The van der Waals surface area contributed by atoms with E-state index in [1.165, 1.54) is 0 Å². The van der Waals surface area contributed by atoms with Gasteiger partial charge in [0.25, 0.3) is 0 Å². The minimum Gasteiger partial charge on any atom is -0.480 e. The van der Waals surface area contributed by atoms with Gasteiger partial charge in [0.15, 0.2) is 5.96 Å². The van der Waals surface area contributed by atoms with E-state index >= 15 is 0 Å². The molecule has 0 radical (unpaired) electrons. The van der Waals surface area contributed by atoms with Gasteiger partial charge in [-0.05, 0) is 45.1 Å². The van der Waals surface area contributed by atoms with E-state index in [1.807, 2.05) is 0 Å². The summed E-state index contributed by atoms with van der Waals surface area (Å²) in [6.07, 6.45) is 2.93. The Morgan fingerprint density at radius 2 is 1.12 bits per heavy atom. The molecule has 0 spiro atoms. The van der Waals surface area contributed by atoms with E-state index in [9.17, 15) is 19.2 Å². The molecule has 0 aromatic heterocycles. The third-order valence-corrected chi connectivity index (χ3v) is 3.63. The lowest BCUT2D eigenvalue weighted by molar-refractivity contribution is -0.139. The minimum absolute atomic E-state index is 0.0129. The van der Waals surface area contributed by atoms with Crippen molar-refractivity contribution in [1.82, 2.24) is 5.32 Å². The van der Waals surface area contributed by atoms with E-state index in [0.717, 1.165) is 0 Å². The molecule has 16 nitrogen and oxygen atoms in total. The van der Waals surface area contributed by atoms with E-state index in [1.54, 1.807) is 0 Å². The molecule has 0 saturated heterocycles. The first-order chi connectivity index (χ1) is 15.3. The normalized spacial score (nSPS) is 12.4. The molecular weight excluding hydrogens is 442 g/mol. The molecule has 194 valence electrons. The second-order valence-electron chi connectivity index (χ2n) is 6.65. The van der Waals surface area contributed by atoms with Gasteiger partial charge in [0, 0.05) is 13.1 Å². The lowest BCUT2D eigenvalue weighted by Crippen LogP contribution is -2.33. The standard InChI is InChI=1S/C6H14N4O2.C6H13N3O3.C5H12N2O2/c7-4(5(11)12)2-1-3-10-6(8)9;7-4(5(10)11)2-1-3-9-6(8)12;6-3-1-2-4(7)5(8)9/h4H,1-3,7H2,(H,11,12)(H4,8,9,10);4H,1-3,7H2,(H,10,11)(H3,8,9,12);4H,1-3,6-7H2,(H,8,9)/t3*4-/m000/s1. The van der Waals surface area contributed by atoms with Crippen LogP contribution in [0.3, 0.4) is 0 Å². The third kappa shape index (κ3) is 28.8. The number of aliphatic imine (C=N–C) groups is 1. The lowest BCUT2D eigenvalue weighted by Gasteiger charge is -2.05. The summed E-state index contributed by atoms with van der Waals surface area (Å²) in [4.78, 5) is 44.3. The average molecular weight is 482 g/mol. The van der Waals surface area contributed by atoms with Crippen LogP contribution in [0.5, 0.6) is 0 Å². The predicted octanol–water partition coefficient (Wildman–Crippen LogP) is -3.56. The number of guanidine groups is 1. The summed E-state index contributed by atoms with van der Waals surface area (Å²) in [6.45, 7) is 1.28. The number of primary amides is 1. The third-order valence-electron chi connectivity index (χ3n) is 3.63. The van der Waals surface area contributed by atoms with Gasteiger partial charge in [-0.25, -0.2) is 4.79 Å². The van der Waals surface area contributed by atoms with Crippen LogP contribution in [0.1, 0.15) is 38.5 Å². The van der Waals surface area contributed by atoms with Gasteiger partial charge in [-0.15, -0.1) is 0 Å². The number of nitrogens with one attached hydrogen (secondary N) is 1. The smallest absolute Gasteiger partial charge is 0.320 e. The number of hydrogen-bond donors (Lipinski definition) is 11. The summed E-state index contributed by atoms with van der Waals surface area (Å²) in [5.74, 6) is -2.98. The molecule has 0 rings (SSSR count). The van der Waals surface area contributed by atoms with Crippen molar-refractivity contribution in [2.45, 2.75) is 56.7 Å². The van der Waals surface area contributed by atoms with Crippen molar-refractivity contribution in [2.75, 3.05) is 19.6 Å². The predicted molar refractivity (Wildman–Crippen MR) is 122 cm³/mol. The Balaban J connectivity index is -0.000000414. The lowest BCUT2D eigenvalue weighted by atomic mass is 10.2. The summed E-state index contributed by atoms with van der Waals surface area (Å²) in [7, 11) is 0. The van der Waals surface area contributed by atoms with Gasteiger partial charge < -0.3 is 60.8 Å². The van der Waals surface area contributed by atoms with Crippen molar-refractivity contribution in [3.8, 4) is 0 Å². The van der Waals surface area contributed by atoms with Crippen molar-refractivity contribution in [2.24, 2.45) is 45.1 Å². The number of carboxylic acid groups (broad SMARTS) is 3. The van der Waals surface area contributed by atoms with Crippen LogP contribution in [-0.2, 0) is 14.4 Å². The molecule has 0 unspecified atom stereocenters. The highest BCUT2D eigenvalue weighted by Crippen LogP contribution is 1.94. The van der Waals surface area contributed by atoms with Crippen LogP contribution in [0.15, 0.2) is 4.99 Å². The second-order valence-corrected chi connectivity index (χ2v) is 6.65. The molecule has 0 bridgehead atoms. The highest BCUT2D eigenvalue weighted by atomic mass is 16.4. The molecule has 0 aliphatic heterocycles. The fourth-order valence-electron chi connectivity index (χ4n) is 1.76. The molecule has 0 aromatic carbocycles. The highest BCUT2D eigenvalue weighted by molar-refractivity contribution is 5.75. The Morgan fingerprint density at radius 3 is 1.45 bits per heavy atom. The topological polar surface area (TPSA) is 336 Å². The molecule has 0 aliphatic carbocycles. The Morgan fingerprint density at radius 1 is 0.727 bits per heavy atom. The number of carbonyl (C=O) groups excluding carboxylic acids is 1. The maximum absolute atomic E-state index is 10.2. The number of carbonyl (C=O) groups is 4. The van der Waals surface area contributed by atoms with Crippen LogP contribution in [-0.4, -0.2) is 83.0 Å². The Bertz CT molecular complexity index is 601. The molecule has 2 amide bonds. The summed E-state index contributed by atoms with van der Waals surface area (Å²) < 4.78 is 0. The van der Waals surface area contributed by atoms with Gasteiger partial charge in [-0.2, -0.15) is 0 Å². The number of amides is 2. The quantitative estimate of drug-likeness (QED) is 0.0650. The number of rotatable bonds is 14. The van der Waals surface area contributed by atoms with E-state index < -0.39 is 42.1 Å². The van der Waals surface area contributed by atoms with Crippen molar-refractivity contribution < 1.29 is 34.5 Å². The Kier molecular flexibility index (Phi) is 22.9. The number of nitrogens with two attached hydrogens (primary N) is 7. The van der Waals surface area contributed by atoms with Crippen LogP contribution in [0.4, 0.5) is 4.79 Å². The zero-order valence-corrected chi connectivity index (χ0v) is 18.6. The number of aliphatic carboxylic acids is 3. The molecule has 33 heavy (non-hydrogen) atoms. The summed E-state index contributed by atoms with van der Waals surface area (Å²) in [5.41, 5.74) is 35.6. The largest absolute Gasteiger partial charge is 0.480 e. The fourth-order valence-corrected chi connectivity index (χ4v) is 1.76. The average Bonchev–Trinajstić information content (AvgIpc) is 2.72. The zero-order valence-electron chi connectivity index (χ0n) is 18.6. The Hall–Kier alpha value is -3.21. The summed E-state index contributed by atoms with van der Waals surface area (Å²) >= 11 is 0. The Labute approximate surface area is 191 Å². The van der Waals surface area contributed by atoms with Gasteiger partial charge in [-0.1, -0.05) is 0 Å². The van der Waals surface area contributed by atoms with Crippen LogP contribution in [0, 0.1) is 0 Å². The number of urea groups is 1. The van der Waals surface area contributed by atoms with E-state index in [2.05, 4.69) is 10.3 Å². The first kappa shape index (κ1) is 34.4. The summed E-state index contributed by atoms with van der Waals surface area (Å²) in [6, 6.07) is -3.04. The van der Waals surface area contributed by atoms with Crippen LogP contribution < -0.4 is 45.5 Å². The molecular formula is C17H39N9O7. The molecule has 18 N–H and O–H groups in total. The van der Waals surface area contributed by atoms with Crippen molar-refractivity contribution >= 4 is 29.9 Å². The molecule has 0 aliphatic rings. The van der Waals surface area contributed by atoms with E-state index in [0.29, 0.717) is 58.2 Å². The number of carboxylic acids is 3. The van der Waals surface area contributed by atoms with E-state index in [-0.39, 0.29) is 5.96 Å². The van der Waals surface area contributed by atoms with Crippen molar-refractivity contribution in [3.05, 3.63) is 0 Å². The fraction of sp³-hybridized carbons (Fsp3) is 0.706. The molecule has 3 atom stereocenters. The van der Waals surface area contributed by atoms with Crippen molar-refractivity contribution in [3.63, 3.8) is 0 Å². The second kappa shape index (κ2) is 22.0. The first-order valence-electron chi connectivity index (χ1n) is 10.00. The first-order valence-corrected chi connectivity index (χ1v) is 10.00. The van der Waals surface area contributed by atoms with Gasteiger partial charge in [0.05, 0.1) is 0 Å². The molecule has 0 heterocycles. The maximum atomic E-state index is 10.2. The van der Waals surface area contributed by atoms with Gasteiger partial charge in [-0.3, -0.25) is 19.4 Å². The van der Waals surface area contributed by atoms with Gasteiger partial charge in [0.2, 0.25) is 0 Å². The van der Waals surface area contributed by atoms with Crippen molar-refractivity contribution in [1.29, 1.82) is 0 Å². The molecule has 0 aromatic rings. The summed E-state index contributed by atoms with van der Waals surface area (Å²) in [5, 5.41) is 27.3. The number of nitrogens with zero attached hydrogens (tertiary/aromatic N) is 1. The van der Waals surface area contributed by atoms with E-state index in [4.69, 9.17) is 55.5 Å². The zero-order chi connectivity index (χ0) is 26.4. The monoisotopic (exact) mass is 481 g/mol. The SMILES string of the molecule is NC(=O)NCCC[C@H](N)C(=O)O.NC(N)=NCCC[C@H](N)C(=O)O.NCCC[C@H](N)C(=O)O. The van der Waals surface area contributed by atoms with Crippen LogP contribution in [0.25, 0.3) is 0 Å². The number of hydrogen-bond acceptors (Lipinski definition) is 9. The molecule has 16 heteroatoms. The minimum atomic E-state index is -1.03. The highest BCUT2D eigenvalue weighted by Gasteiger charge is 2.10. The van der Waals surface area contributed by atoms with Crippen LogP contribution in [0.2, 0.25) is 0 Å².